The molecule has 0 spiro atoms. The molecule has 0 radical (unpaired) electrons. The quantitative estimate of drug-likeness (QED) is 0.0576. The second-order valence-electron chi connectivity index (χ2n) is 16.9. The van der Waals surface area contributed by atoms with Gasteiger partial charge < -0.3 is 35.9 Å². The summed E-state index contributed by atoms with van der Waals surface area (Å²) in [7, 11) is 1.52. The zero-order valence-electron chi connectivity index (χ0n) is 36.7. The van der Waals surface area contributed by atoms with Gasteiger partial charge in [0.2, 0.25) is 23.6 Å². The van der Waals surface area contributed by atoms with E-state index in [1.807, 2.05) is 37.3 Å². The molecular formula is C47H56F6N6O6. The lowest BCUT2D eigenvalue weighted by Crippen LogP contribution is -2.58. The molecule has 1 saturated heterocycles. The number of ether oxygens (including phenoxy) is 1. The van der Waals surface area contributed by atoms with Crippen molar-refractivity contribution >= 4 is 40.5 Å². The second kappa shape index (κ2) is 21.8. The normalized spacial score (nSPS) is 16.2. The van der Waals surface area contributed by atoms with Gasteiger partial charge in [-0.3, -0.25) is 19.2 Å². The molecule has 0 aliphatic carbocycles. The maximum Gasteiger partial charge on any atom is 0.416 e. The number of rotatable bonds is 19. The summed E-state index contributed by atoms with van der Waals surface area (Å²) in [6, 6.07) is 11.5. The van der Waals surface area contributed by atoms with Crippen LogP contribution in [0.2, 0.25) is 0 Å². The van der Waals surface area contributed by atoms with Crippen molar-refractivity contribution in [3.63, 3.8) is 0 Å². The number of benzene rings is 3. The third kappa shape index (κ3) is 13.3. The maximum absolute atomic E-state index is 14.3. The zero-order valence-corrected chi connectivity index (χ0v) is 36.7. The molecule has 1 fully saturated rings. The Balaban J connectivity index is 1.35. The molecule has 4 aromatic rings. The van der Waals surface area contributed by atoms with Crippen molar-refractivity contribution in [2.75, 3.05) is 13.6 Å². The fourth-order valence-corrected chi connectivity index (χ4v) is 8.06. The summed E-state index contributed by atoms with van der Waals surface area (Å²) in [5.74, 6) is -3.67. The Morgan fingerprint density at radius 1 is 0.877 bits per heavy atom. The number of para-hydroxylation sites is 1. The number of halogens is 6. The monoisotopic (exact) mass is 914 g/mol. The lowest BCUT2D eigenvalue weighted by Gasteiger charge is -2.34. The number of nitrogens with one attached hydrogen (secondary N) is 3. The highest BCUT2D eigenvalue weighted by Gasteiger charge is 2.42. The third-order valence-electron chi connectivity index (χ3n) is 11.5. The van der Waals surface area contributed by atoms with Gasteiger partial charge in [0.05, 0.1) is 17.2 Å². The van der Waals surface area contributed by atoms with E-state index in [0.29, 0.717) is 47.9 Å². The molecule has 2 heterocycles. The lowest BCUT2D eigenvalue weighted by atomic mass is 10.0. The Morgan fingerprint density at radius 2 is 1.52 bits per heavy atom. The molecule has 4 amide bonds. The molecular weight excluding hydrogens is 859 g/mol. The fraction of sp³-hybridized carbons (Fsp3) is 0.468. The van der Waals surface area contributed by atoms with Crippen LogP contribution in [0.3, 0.4) is 0 Å². The number of carbonyl (C=O) groups excluding carboxylic acids is 5. The molecule has 5 rings (SSSR count). The van der Waals surface area contributed by atoms with E-state index < -0.39 is 95.5 Å². The van der Waals surface area contributed by atoms with E-state index in [4.69, 9.17) is 10.5 Å². The number of likely N-dealkylation sites (tertiary alicyclic amines) is 1. The summed E-state index contributed by atoms with van der Waals surface area (Å²) < 4.78 is 86.9. The summed E-state index contributed by atoms with van der Waals surface area (Å²) in [5.41, 5.74) is 4.67. The molecule has 1 aliphatic rings. The van der Waals surface area contributed by atoms with Crippen LogP contribution in [0.25, 0.3) is 10.9 Å². The number of hydrogen-bond donors (Lipinski definition) is 4. The van der Waals surface area contributed by atoms with Gasteiger partial charge in [-0.15, -0.1) is 0 Å². The van der Waals surface area contributed by atoms with Crippen molar-refractivity contribution < 1.29 is 55.1 Å². The molecule has 1 aromatic heterocycles. The van der Waals surface area contributed by atoms with Crippen molar-refractivity contribution in [1.29, 1.82) is 0 Å². The van der Waals surface area contributed by atoms with E-state index in [-0.39, 0.29) is 44.2 Å². The number of esters is 1. The van der Waals surface area contributed by atoms with Gasteiger partial charge in [0, 0.05) is 37.1 Å². The molecule has 5 N–H and O–H groups in total. The highest BCUT2D eigenvalue weighted by Crippen LogP contribution is 2.36. The van der Waals surface area contributed by atoms with Crippen molar-refractivity contribution in [1.82, 2.24) is 25.4 Å². The van der Waals surface area contributed by atoms with Gasteiger partial charge in [0.1, 0.15) is 30.8 Å². The maximum atomic E-state index is 14.3. The van der Waals surface area contributed by atoms with Crippen LogP contribution in [-0.2, 0) is 60.5 Å². The van der Waals surface area contributed by atoms with E-state index in [2.05, 4.69) is 15.6 Å². The van der Waals surface area contributed by atoms with Crippen molar-refractivity contribution in [3.05, 3.63) is 107 Å². The molecule has 1 unspecified atom stereocenters. The molecule has 65 heavy (non-hydrogen) atoms. The van der Waals surface area contributed by atoms with Crippen LogP contribution in [0.15, 0.2) is 79.0 Å². The number of aromatic amines is 1. The predicted molar refractivity (Wildman–Crippen MR) is 231 cm³/mol. The number of aromatic nitrogens is 1. The van der Waals surface area contributed by atoms with Crippen LogP contribution in [0.4, 0.5) is 26.3 Å². The highest BCUT2D eigenvalue weighted by molar-refractivity contribution is 5.96. The molecule has 0 bridgehead atoms. The minimum absolute atomic E-state index is 0.0382. The number of fused-ring (bicyclic) bond motifs is 1. The van der Waals surface area contributed by atoms with Crippen LogP contribution < -0.4 is 16.4 Å². The van der Waals surface area contributed by atoms with Crippen molar-refractivity contribution in [2.24, 2.45) is 11.7 Å². The predicted octanol–water partition coefficient (Wildman–Crippen LogP) is 7.09. The van der Waals surface area contributed by atoms with Gasteiger partial charge in [-0.05, 0) is 79.0 Å². The van der Waals surface area contributed by atoms with Crippen LogP contribution in [0, 0.1) is 5.92 Å². The van der Waals surface area contributed by atoms with E-state index in [9.17, 15) is 50.3 Å². The summed E-state index contributed by atoms with van der Waals surface area (Å²) in [4.78, 5) is 75.9. The van der Waals surface area contributed by atoms with Crippen LogP contribution >= 0.6 is 0 Å². The summed E-state index contributed by atoms with van der Waals surface area (Å²) in [5, 5.41) is 6.06. The first-order valence-corrected chi connectivity index (χ1v) is 21.6. The van der Waals surface area contributed by atoms with Crippen LogP contribution in [-0.4, -0.2) is 88.2 Å². The molecule has 3 aromatic carbocycles. The minimum atomic E-state index is -5.13. The average Bonchev–Trinajstić information content (AvgIpc) is 3.92. The number of hydrogen-bond acceptors (Lipinski definition) is 7. The first kappa shape index (κ1) is 50.1. The highest BCUT2D eigenvalue weighted by atomic mass is 19.4. The number of amides is 4. The van der Waals surface area contributed by atoms with Crippen LogP contribution in [0.1, 0.15) is 87.1 Å². The Labute approximate surface area is 373 Å². The standard InChI is InChI=1S/C47H56F6N6O6/c1-5-6-17-40(58(4)43(62)35(54)23-29-13-8-7-9-14-29)44(63)59-19-12-18-39(59)42(61)56-37(20-28(2)3)41(60)57-38(24-31-26-55-36-16-11-10-15-34(31)36)45(64)65-27-30-21-32(46(48,49)50)25-33(22-30)47(51,52)53/h7-11,13-16,21-22,25-26,28,35,37-40,55H,5-6,12,17-20,23-24,27,54H2,1-4H3,(H,56,61)(H,57,60)/t35-,37-,38-,39-,40?/m0/s1. The second-order valence-corrected chi connectivity index (χ2v) is 16.9. The van der Waals surface area contributed by atoms with Gasteiger partial charge in [-0.2, -0.15) is 26.3 Å². The number of nitrogens with two attached hydrogens (primary N) is 1. The smallest absolute Gasteiger partial charge is 0.416 e. The first-order chi connectivity index (χ1) is 30.7. The Hall–Kier alpha value is -5.91. The summed E-state index contributed by atoms with van der Waals surface area (Å²) in [6.07, 6.45) is -6.15. The topological polar surface area (TPSA) is 167 Å². The molecule has 352 valence electrons. The number of H-pyrrole nitrogens is 1. The van der Waals surface area contributed by atoms with E-state index in [1.165, 1.54) is 16.8 Å². The SMILES string of the molecule is CCCCC(C(=O)N1CCC[C@H]1C(=O)N[C@@H](CC(C)C)C(=O)N[C@@H](Cc1c[nH]c2ccccc12)C(=O)OCc1cc(C(F)(F)F)cc(C(F)(F)F)c1)N(C)C(=O)[C@@H](N)Cc1ccccc1. The molecule has 0 saturated carbocycles. The Morgan fingerprint density at radius 3 is 2.15 bits per heavy atom. The average molecular weight is 915 g/mol. The number of carbonyl (C=O) groups is 5. The summed E-state index contributed by atoms with van der Waals surface area (Å²) in [6.45, 7) is 4.78. The van der Waals surface area contributed by atoms with Crippen molar-refractivity contribution in [2.45, 2.75) is 121 Å². The molecule has 12 nitrogen and oxygen atoms in total. The van der Waals surface area contributed by atoms with E-state index >= 15 is 0 Å². The Bertz CT molecular complexity index is 2250. The van der Waals surface area contributed by atoms with Gasteiger partial charge in [-0.25, -0.2) is 4.79 Å². The number of unbranched alkanes of at least 4 members (excludes halogenated alkanes) is 1. The largest absolute Gasteiger partial charge is 0.459 e. The fourth-order valence-electron chi connectivity index (χ4n) is 8.06. The number of nitrogens with zero attached hydrogens (tertiary/aromatic N) is 2. The van der Waals surface area contributed by atoms with Gasteiger partial charge in [0.25, 0.3) is 0 Å². The molecule has 1 aliphatic heterocycles. The molecule has 18 heteroatoms. The summed E-state index contributed by atoms with van der Waals surface area (Å²) >= 11 is 0. The zero-order chi connectivity index (χ0) is 47.6. The van der Waals surface area contributed by atoms with E-state index in [1.54, 1.807) is 44.3 Å². The minimum Gasteiger partial charge on any atom is -0.459 e. The van der Waals surface area contributed by atoms with E-state index in [0.717, 1.165) is 12.0 Å². The first-order valence-electron chi connectivity index (χ1n) is 21.6. The van der Waals surface area contributed by atoms with Gasteiger partial charge in [-0.1, -0.05) is 82.1 Å². The van der Waals surface area contributed by atoms with Gasteiger partial charge in [0.15, 0.2) is 0 Å². The Kier molecular flexibility index (Phi) is 16.8. The van der Waals surface area contributed by atoms with Gasteiger partial charge >= 0.3 is 18.3 Å². The third-order valence-corrected chi connectivity index (χ3v) is 11.5. The number of likely N-dealkylation sites (N-methyl/N-ethyl adjacent to an activating group) is 1. The van der Waals surface area contributed by atoms with Crippen molar-refractivity contribution in [3.8, 4) is 0 Å². The number of alkyl halides is 6. The van der Waals surface area contributed by atoms with Crippen LogP contribution in [0.5, 0.6) is 0 Å². The molecule has 5 atom stereocenters. The lowest BCUT2D eigenvalue weighted by molar-refractivity contribution is -0.149.